The van der Waals surface area contributed by atoms with Gasteiger partial charge in [0, 0.05) is 0 Å². The number of fused-ring (bicyclic) bond motifs is 2. The number of carbonyl (C=O) groups excluding carboxylic acids is 1. The number of methoxy groups -OCH3 is 1. The Kier molecular flexibility index (Phi) is 6.74. The first-order chi connectivity index (χ1) is 17.3. The molecule has 37 heavy (non-hydrogen) atoms. The van der Waals surface area contributed by atoms with Crippen LogP contribution in [-0.4, -0.2) is 74.0 Å². The van der Waals surface area contributed by atoms with Gasteiger partial charge in [-0.3, -0.25) is 4.79 Å². The maximum Gasteiger partial charge on any atom is 0.190 e. The van der Waals surface area contributed by atoms with Crippen LogP contribution in [0.3, 0.4) is 0 Å². The van der Waals surface area contributed by atoms with E-state index in [1.165, 1.54) is 0 Å². The van der Waals surface area contributed by atoms with Crippen molar-refractivity contribution in [1.82, 2.24) is 0 Å². The molecule has 0 spiro atoms. The molecule has 0 N–H and O–H groups in total. The average molecular weight is 523 g/mol. The summed E-state index contributed by atoms with van der Waals surface area (Å²) in [5.74, 6) is -0.202. The second kappa shape index (κ2) is 9.36. The van der Waals surface area contributed by atoms with Crippen molar-refractivity contribution in [1.29, 1.82) is 0 Å². The Morgan fingerprint density at radius 2 is 1.78 bits per heavy atom. The molecule has 1 aromatic carbocycles. The van der Waals surface area contributed by atoms with Crippen LogP contribution in [0.15, 0.2) is 6.07 Å². The van der Waals surface area contributed by atoms with E-state index in [4.69, 9.17) is 42.6 Å². The van der Waals surface area contributed by atoms with Crippen molar-refractivity contribution >= 4 is 5.78 Å². The number of ketones is 1. The van der Waals surface area contributed by atoms with E-state index in [2.05, 4.69) is 0 Å². The first-order valence-corrected chi connectivity index (χ1v) is 12.9. The zero-order valence-corrected chi connectivity index (χ0v) is 22.9. The summed E-state index contributed by atoms with van der Waals surface area (Å²) in [6, 6.07) is 1.68. The SMILES string of the molecule is CCOc1c(OC)cc2c(c1CO[C@@H]1[C@H]3OC(C)(C)O[C@H]3O[C@@H]1[C@@H]1COC(C)(C)O1)OC(C)(C)CC2=O. The lowest BCUT2D eigenvalue weighted by molar-refractivity contribution is -0.236. The standard InChI is InChI=1S/C27H38O10/c1-9-30-20-15(19-14(10-17(20)29-8)16(28)11-25(2,3)35-19)12-31-22-21(18-13-32-26(4,5)34-18)33-24-23(22)36-27(6,7)37-24/h10,18,21-24H,9,11-13H2,1-8H3/t18-,21+,22-,23+,24+/m0/s1. The smallest absolute Gasteiger partial charge is 0.190 e. The van der Waals surface area contributed by atoms with Crippen LogP contribution in [0.5, 0.6) is 17.2 Å². The minimum absolute atomic E-state index is 0.0241. The zero-order valence-electron chi connectivity index (χ0n) is 22.9. The highest BCUT2D eigenvalue weighted by atomic mass is 16.8. The fourth-order valence-corrected chi connectivity index (χ4v) is 5.43. The Labute approximate surface area is 217 Å². The van der Waals surface area contributed by atoms with Crippen molar-refractivity contribution in [2.75, 3.05) is 20.3 Å². The molecule has 4 heterocycles. The molecular weight excluding hydrogens is 484 g/mol. The zero-order chi connectivity index (χ0) is 26.8. The van der Waals surface area contributed by atoms with Crippen molar-refractivity contribution in [2.45, 2.75) is 109 Å². The van der Waals surface area contributed by atoms with Crippen LogP contribution in [0.4, 0.5) is 0 Å². The molecule has 4 aliphatic heterocycles. The average Bonchev–Trinajstić information content (AvgIpc) is 3.41. The van der Waals surface area contributed by atoms with E-state index in [1.807, 2.05) is 48.5 Å². The molecule has 0 unspecified atom stereocenters. The molecule has 4 aliphatic rings. The molecule has 206 valence electrons. The third kappa shape index (κ3) is 5.07. The molecule has 5 atom stereocenters. The summed E-state index contributed by atoms with van der Waals surface area (Å²) in [5, 5.41) is 0. The van der Waals surface area contributed by atoms with Gasteiger partial charge >= 0.3 is 0 Å². The topological polar surface area (TPSA) is 100 Å². The van der Waals surface area contributed by atoms with Gasteiger partial charge in [-0.15, -0.1) is 0 Å². The highest BCUT2D eigenvalue weighted by Gasteiger charge is 2.59. The first-order valence-electron chi connectivity index (χ1n) is 12.9. The van der Waals surface area contributed by atoms with Gasteiger partial charge in [0.25, 0.3) is 0 Å². The summed E-state index contributed by atoms with van der Waals surface area (Å²) in [5.41, 5.74) is 0.376. The first kappa shape index (κ1) is 26.6. The van der Waals surface area contributed by atoms with Crippen molar-refractivity contribution in [3.05, 3.63) is 17.2 Å². The van der Waals surface area contributed by atoms with Crippen LogP contribution in [-0.2, 0) is 35.0 Å². The minimum Gasteiger partial charge on any atom is -0.493 e. The van der Waals surface area contributed by atoms with Crippen molar-refractivity contribution in [3.63, 3.8) is 0 Å². The van der Waals surface area contributed by atoms with Gasteiger partial charge < -0.3 is 42.6 Å². The summed E-state index contributed by atoms with van der Waals surface area (Å²) >= 11 is 0. The Balaban J connectivity index is 1.49. The van der Waals surface area contributed by atoms with Crippen LogP contribution in [0, 0.1) is 0 Å². The van der Waals surface area contributed by atoms with E-state index in [9.17, 15) is 4.79 Å². The molecule has 0 saturated carbocycles. The second-order valence-corrected chi connectivity index (χ2v) is 11.4. The molecule has 10 heteroatoms. The summed E-state index contributed by atoms with van der Waals surface area (Å²) in [4.78, 5) is 13.1. The molecule has 0 amide bonds. The predicted octanol–water partition coefficient (Wildman–Crippen LogP) is 3.75. The maximum absolute atomic E-state index is 13.1. The van der Waals surface area contributed by atoms with Gasteiger partial charge in [0.15, 0.2) is 35.1 Å². The summed E-state index contributed by atoms with van der Waals surface area (Å²) in [6.07, 6.45) is -2.25. The lowest BCUT2D eigenvalue weighted by atomic mass is 9.91. The van der Waals surface area contributed by atoms with Gasteiger partial charge in [-0.25, -0.2) is 0 Å². The highest BCUT2D eigenvalue weighted by molar-refractivity contribution is 6.01. The third-order valence-electron chi connectivity index (χ3n) is 6.91. The fraction of sp³-hybridized carbons (Fsp3) is 0.741. The maximum atomic E-state index is 13.1. The van der Waals surface area contributed by atoms with Gasteiger partial charge in [0.1, 0.15) is 35.8 Å². The minimum atomic E-state index is -0.820. The molecule has 0 aromatic heterocycles. The largest absolute Gasteiger partial charge is 0.493 e. The molecule has 5 rings (SSSR count). The predicted molar refractivity (Wildman–Crippen MR) is 130 cm³/mol. The molecular formula is C27H38O10. The van der Waals surface area contributed by atoms with E-state index >= 15 is 0 Å². The lowest BCUT2D eigenvalue weighted by Crippen LogP contribution is -2.44. The van der Waals surface area contributed by atoms with Crippen LogP contribution in [0.25, 0.3) is 0 Å². The molecule has 0 aliphatic carbocycles. The Bertz CT molecular complexity index is 1050. The van der Waals surface area contributed by atoms with Crippen LogP contribution < -0.4 is 14.2 Å². The van der Waals surface area contributed by atoms with Gasteiger partial charge in [-0.1, -0.05) is 0 Å². The normalized spacial score (nSPS) is 33.1. The molecule has 0 bridgehead atoms. The van der Waals surface area contributed by atoms with Crippen molar-refractivity contribution in [3.8, 4) is 17.2 Å². The van der Waals surface area contributed by atoms with Gasteiger partial charge in [-0.05, 0) is 54.5 Å². The number of carbonyl (C=O) groups is 1. The number of hydrogen-bond donors (Lipinski definition) is 0. The number of hydrogen-bond acceptors (Lipinski definition) is 10. The molecule has 0 radical (unpaired) electrons. The van der Waals surface area contributed by atoms with E-state index < -0.39 is 41.8 Å². The van der Waals surface area contributed by atoms with Crippen LogP contribution in [0.1, 0.15) is 70.8 Å². The summed E-state index contributed by atoms with van der Waals surface area (Å²) in [6.45, 7) is 13.9. The second-order valence-electron chi connectivity index (χ2n) is 11.4. The summed E-state index contributed by atoms with van der Waals surface area (Å²) in [7, 11) is 1.55. The quantitative estimate of drug-likeness (QED) is 0.526. The molecule has 3 fully saturated rings. The van der Waals surface area contributed by atoms with E-state index in [0.29, 0.717) is 41.6 Å². The Morgan fingerprint density at radius 1 is 1.03 bits per heavy atom. The van der Waals surface area contributed by atoms with Crippen LogP contribution >= 0.6 is 0 Å². The monoisotopic (exact) mass is 522 g/mol. The Morgan fingerprint density at radius 3 is 2.43 bits per heavy atom. The third-order valence-corrected chi connectivity index (χ3v) is 6.91. The van der Waals surface area contributed by atoms with E-state index in [-0.39, 0.29) is 24.9 Å². The Hall–Kier alpha value is -1.95. The fourth-order valence-electron chi connectivity index (χ4n) is 5.43. The number of benzene rings is 1. The number of Topliss-reactive ketones (excluding diaryl/α,β-unsaturated/α-hetero) is 1. The number of ether oxygens (including phenoxy) is 9. The van der Waals surface area contributed by atoms with E-state index in [1.54, 1.807) is 13.2 Å². The number of rotatable bonds is 7. The molecule has 1 aromatic rings. The van der Waals surface area contributed by atoms with Crippen molar-refractivity contribution in [2.24, 2.45) is 0 Å². The van der Waals surface area contributed by atoms with Gasteiger partial charge in [0.05, 0.1) is 44.5 Å². The van der Waals surface area contributed by atoms with Crippen molar-refractivity contribution < 1.29 is 47.4 Å². The van der Waals surface area contributed by atoms with E-state index in [0.717, 1.165) is 0 Å². The molecule has 3 saturated heterocycles. The summed E-state index contributed by atoms with van der Waals surface area (Å²) < 4.78 is 54.8. The molecule has 10 nitrogen and oxygen atoms in total. The van der Waals surface area contributed by atoms with Crippen LogP contribution in [0.2, 0.25) is 0 Å². The van der Waals surface area contributed by atoms with Gasteiger partial charge in [-0.2, -0.15) is 0 Å². The lowest BCUT2D eigenvalue weighted by Gasteiger charge is -2.34. The highest BCUT2D eigenvalue weighted by Crippen LogP contribution is 2.47. The van der Waals surface area contributed by atoms with Gasteiger partial charge in [0.2, 0.25) is 0 Å².